The molecule has 0 aromatic carbocycles. The molecule has 0 radical (unpaired) electrons. The Morgan fingerprint density at radius 3 is 2.56 bits per heavy atom. The molecule has 18 heavy (non-hydrogen) atoms. The molecule has 1 fully saturated rings. The molecule has 0 saturated carbocycles. The maximum Gasteiger partial charge on any atom is 0.191 e. The highest BCUT2D eigenvalue weighted by Crippen LogP contribution is 2.20. The van der Waals surface area contributed by atoms with Crippen LogP contribution in [0.15, 0.2) is 17.6 Å². The number of hydrogen-bond donors (Lipinski definition) is 2. The van der Waals surface area contributed by atoms with Crippen molar-refractivity contribution in [2.75, 3.05) is 39.8 Å². The minimum Gasteiger partial charge on any atom is -0.355 e. The van der Waals surface area contributed by atoms with E-state index in [2.05, 4.69) is 41.0 Å². The van der Waals surface area contributed by atoms with E-state index >= 15 is 0 Å². The first-order chi connectivity index (χ1) is 8.65. The fourth-order valence-corrected chi connectivity index (χ4v) is 2.70. The molecule has 0 aromatic rings. The molecule has 0 bridgehead atoms. The SMILES string of the molecule is C=CCNC(=NC)NCCN1CC(C)CC(C)C1. The lowest BCUT2D eigenvalue weighted by Crippen LogP contribution is -2.45. The highest BCUT2D eigenvalue weighted by Gasteiger charge is 2.20. The Balaban J connectivity index is 2.21. The molecule has 104 valence electrons. The van der Waals surface area contributed by atoms with Crippen LogP contribution in [0.1, 0.15) is 20.3 Å². The summed E-state index contributed by atoms with van der Waals surface area (Å²) in [5.41, 5.74) is 0. The lowest BCUT2D eigenvalue weighted by molar-refractivity contribution is 0.143. The number of aliphatic imine (C=N–C) groups is 1. The molecule has 1 rings (SSSR count). The number of rotatable bonds is 5. The van der Waals surface area contributed by atoms with Crippen LogP contribution in [-0.4, -0.2) is 50.6 Å². The molecule has 0 spiro atoms. The number of hydrogen-bond acceptors (Lipinski definition) is 2. The number of likely N-dealkylation sites (tertiary alicyclic amines) is 1. The van der Waals surface area contributed by atoms with Crippen molar-refractivity contribution in [2.24, 2.45) is 16.8 Å². The second-order valence-corrected chi connectivity index (χ2v) is 5.37. The Bertz CT molecular complexity index is 265. The summed E-state index contributed by atoms with van der Waals surface area (Å²) in [5, 5.41) is 6.51. The van der Waals surface area contributed by atoms with Crippen LogP contribution in [-0.2, 0) is 0 Å². The van der Waals surface area contributed by atoms with Gasteiger partial charge in [0, 0.05) is 39.8 Å². The largest absolute Gasteiger partial charge is 0.355 e. The second-order valence-electron chi connectivity index (χ2n) is 5.37. The summed E-state index contributed by atoms with van der Waals surface area (Å²) in [6.07, 6.45) is 3.20. The Morgan fingerprint density at radius 1 is 1.33 bits per heavy atom. The predicted octanol–water partition coefficient (Wildman–Crippen LogP) is 1.32. The Morgan fingerprint density at radius 2 is 2.00 bits per heavy atom. The van der Waals surface area contributed by atoms with Crippen molar-refractivity contribution in [1.29, 1.82) is 0 Å². The van der Waals surface area contributed by atoms with Gasteiger partial charge in [-0.3, -0.25) is 4.99 Å². The lowest BCUT2D eigenvalue weighted by Gasteiger charge is -2.35. The molecule has 4 nitrogen and oxygen atoms in total. The van der Waals surface area contributed by atoms with Gasteiger partial charge < -0.3 is 15.5 Å². The van der Waals surface area contributed by atoms with Crippen molar-refractivity contribution in [3.8, 4) is 0 Å². The van der Waals surface area contributed by atoms with E-state index in [0.717, 1.165) is 37.4 Å². The van der Waals surface area contributed by atoms with E-state index in [9.17, 15) is 0 Å². The van der Waals surface area contributed by atoms with E-state index in [1.165, 1.54) is 19.5 Å². The standard InChI is InChI=1S/C14H28N4/c1-5-6-16-14(15-4)17-7-8-18-10-12(2)9-13(3)11-18/h5,12-13H,1,6-11H2,2-4H3,(H2,15,16,17). The quantitative estimate of drug-likeness (QED) is 0.440. The van der Waals surface area contributed by atoms with Crippen molar-refractivity contribution < 1.29 is 0 Å². The van der Waals surface area contributed by atoms with Gasteiger partial charge in [-0.15, -0.1) is 6.58 Å². The monoisotopic (exact) mass is 252 g/mol. The molecule has 2 unspecified atom stereocenters. The molecule has 0 amide bonds. The van der Waals surface area contributed by atoms with Crippen LogP contribution in [0.3, 0.4) is 0 Å². The van der Waals surface area contributed by atoms with Gasteiger partial charge in [0.15, 0.2) is 5.96 Å². The zero-order valence-electron chi connectivity index (χ0n) is 12.1. The summed E-state index contributed by atoms with van der Waals surface area (Å²) in [6, 6.07) is 0. The zero-order chi connectivity index (χ0) is 13.4. The van der Waals surface area contributed by atoms with Crippen molar-refractivity contribution >= 4 is 5.96 Å². The third-order valence-corrected chi connectivity index (χ3v) is 3.30. The van der Waals surface area contributed by atoms with Gasteiger partial charge in [-0.2, -0.15) is 0 Å². The third-order valence-electron chi connectivity index (χ3n) is 3.30. The summed E-state index contributed by atoms with van der Waals surface area (Å²) < 4.78 is 0. The Kier molecular flexibility index (Phi) is 6.80. The Hall–Kier alpha value is -1.03. The second kappa shape index (κ2) is 8.14. The molecule has 1 aliphatic rings. The van der Waals surface area contributed by atoms with Crippen LogP contribution in [0.5, 0.6) is 0 Å². The average molecular weight is 252 g/mol. The van der Waals surface area contributed by atoms with Crippen molar-refractivity contribution in [1.82, 2.24) is 15.5 Å². The smallest absolute Gasteiger partial charge is 0.191 e. The topological polar surface area (TPSA) is 39.7 Å². The number of guanidine groups is 1. The number of piperidine rings is 1. The van der Waals surface area contributed by atoms with Crippen LogP contribution < -0.4 is 10.6 Å². The van der Waals surface area contributed by atoms with Crippen molar-refractivity contribution in [3.05, 3.63) is 12.7 Å². The van der Waals surface area contributed by atoms with Gasteiger partial charge in [-0.25, -0.2) is 0 Å². The summed E-state index contributed by atoms with van der Waals surface area (Å²) in [5.74, 6) is 2.51. The first-order valence-electron chi connectivity index (χ1n) is 6.93. The average Bonchev–Trinajstić information content (AvgIpc) is 2.32. The molecule has 4 heteroatoms. The van der Waals surface area contributed by atoms with Gasteiger partial charge in [-0.1, -0.05) is 19.9 Å². The van der Waals surface area contributed by atoms with E-state index in [0.29, 0.717) is 0 Å². The lowest BCUT2D eigenvalue weighted by atomic mass is 9.92. The third kappa shape index (κ3) is 5.54. The number of nitrogens with one attached hydrogen (secondary N) is 2. The van der Waals surface area contributed by atoms with Gasteiger partial charge in [0.25, 0.3) is 0 Å². The van der Waals surface area contributed by atoms with Gasteiger partial charge in [0.05, 0.1) is 0 Å². The fourth-order valence-electron chi connectivity index (χ4n) is 2.70. The van der Waals surface area contributed by atoms with Crippen LogP contribution in [0.2, 0.25) is 0 Å². The maximum atomic E-state index is 4.17. The van der Waals surface area contributed by atoms with E-state index in [-0.39, 0.29) is 0 Å². The first kappa shape index (κ1) is 15.0. The highest BCUT2D eigenvalue weighted by atomic mass is 15.2. The molecular weight excluding hydrogens is 224 g/mol. The number of nitrogens with zero attached hydrogens (tertiary/aromatic N) is 2. The molecule has 1 saturated heterocycles. The van der Waals surface area contributed by atoms with Crippen LogP contribution in [0.25, 0.3) is 0 Å². The van der Waals surface area contributed by atoms with Crippen molar-refractivity contribution in [2.45, 2.75) is 20.3 Å². The fraction of sp³-hybridized carbons (Fsp3) is 0.786. The summed E-state index contributed by atoms with van der Waals surface area (Å²) >= 11 is 0. The molecule has 2 atom stereocenters. The minimum atomic E-state index is 0.747. The molecular formula is C14H28N4. The molecule has 1 heterocycles. The normalized spacial score (nSPS) is 25.8. The first-order valence-corrected chi connectivity index (χ1v) is 6.93. The van der Waals surface area contributed by atoms with Gasteiger partial charge in [0.1, 0.15) is 0 Å². The van der Waals surface area contributed by atoms with Crippen LogP contribution in [0, 0.1) is 11.8 Å². The molecule has 0 aliphatic carbocycles. The highest BCUT2D eigenvalue weighted by molar-refractivity contribution is 5.79. The van der Waals surface area contributed by atoms with Crippen LogP contribution in [0.4, 0.5) is 0 Å². The van der Waals surface area contributed by atoms with E-state index in [1.54, 1.807) is 7.05 Å². The van der Waals surface area contributed by atoms with Crippen molar-refractivity contribution in [3.63, 3.8) is 0 Å². The molecule has 1 aliphatic heterocycles. The molecule has 2 N–H and O–H groups in total. The Labute approximate surface area is 112 Å². The zero-order valence-corrected chi connectivity index (χ0v) is 12.1. The van der Waals surface area contributed by atoms with Crippen LogP contribution >= 0.6 is 0 Å². The summed E-state index contributed by atoms with van der Waals surface area (Å²) in [6.45, 7) is 13.6. The van der Waals surface area contributed by atoms with E-state index in [4.69, 9.17) is 0 Å². The van der Waals surface area contributed by atoms with Gasteiger partial charge in [-0.05, 0) is 18.3 Å². The van der Waals surface area contributed by atoms with E-state index in [1.807, 2.05) is 6.08 Å². The van der Waals surface area contributed by atoms with Gasteiger partial charge >= 0.3 is 0 Å². The van der Waals surface area contributed by atoms with E-state index < -0.39 is 0 Å². The summed E-state index contributed by atoms with van der Waals surface area (Å²) in [7, 11) is 1.80. The minimum absolute atomic E-state index is 0.747. The molecule has 0 aromatic heterocycles. The predicted molar refractivity (Wildman–Crippen MR) is 78.9 cm³/mol. The summed E-state index contributed by atoms with van der Waals surface area (Å²) in [4.78, 5) is 6.71. The van der Waals surface area contributed by atoms with Gasteiger partial charge in [0.2, 0.25) is 0 Å². The maximum absolute atomic E-state index is 4.17.